The first-order chi connectivity index (χ1) is 23.0. The first kappa shape index (κ1) is 31.8. The second-order valence-corrected chi connectivity index (χ2v) is 11.9. The zero-order chi connectivity index (χ0) is 32.6. The maximum Gasteiger partial charge on any atom is 0.272 e. The van der Waals surface area contributed by atoms with Crippen LogP contribution in [0.25, 0.3) is 10.8 Å². The number of carbonyl (C=O) groups excluding carboxylic acids is 2. The van der Waals surface area contributed by atoms with Gasteiger partial charge in [0.05, 0.1) is 22.6 Å². The molecular weight excluding hydrogens is 593 g/mol. The van der Waals surface area contributed by atoms with Crippen LogP contribution < -0.4 is 10.9 Å². The SMILES string of the molecule is O=C(NCCCCN1CCN(C(=O)c2cc(Cc3n[nH]c(=O)c4ccccc34)ccc2F)CC1)C(c1ccccc1)c1ccccc1. The average Bonchev–Trinajstić information content (AvgIpc) is 3.11. The third-order valence-corrected chi connectivity index (χ3v) is 8.80. The molecule has 0 unspecified atom stereocenters. The molecule has 1 aliphatic rings. The first-order valence-corrected chi connectivity index (χ1v) is 16.1. The summed E-state index contributed by atoms with van der Waals surface area (Å²) in [5.74, 6) is -1.23. The van der Waals surface area contributed by atoms with Crippen molar-refractivity contribution >= 4 is 22.6 Å². The molecule has 0 spiro atoms. The number of nitrogens with one attached hydrogen (secondary N) is 2. The molecule has 1 fully saturated rings. The number of halogens is 1. The van der Waals surface area contributed by atoms with E-state index < -0.39 is 5.82 Å². The van der Waals surface area contributed by atoms with Gasteiger partial charge in [-0.1, -0.05) is 84.9 Å². The summed E-state index contributed by atoms with van der Waals surface area (Å²) in [5.41, 5.74) is 3.12. The highest BCUT2D eigenvalue weighted by molar-refractivity contribution is 5.95. The van der Waals surface area contributed by atoms with Gasteiger partial charge in [-0.05, 0) is 54.3 Å². The first-order valence-electron chi connectivity index (χ1n) is 16.1. The minimum atomic E-state index is -0.552. The lowest BCUT2D eigenvalue weighted by Gasteiger charge is -2.35. The quantitative estimate of drug-likeness (QED) is 0.197. The van der Waals surface area contributed by atoms with Gasteiger partial charge in [-0.2, -0.15) is 5.10 Å². The Kier molecular flexibility index (Phi) is 10.1. The molecule has 2 amide bonds. The maximum atomic E-state index is 14.9. The molecule has 0 saturated carbocycles. The summed E-state index contributed by atoms with van der Waals surface area (Å²) in [6.45, 7) is 3.89. The number of benzene rings is 4. The van der Waals surface area contributed by atoms with E-state index in [1.807, 2.05) is 72.8 Å². The van der Waals surface area contributed by atoms with E-state index in [-0.39, 0.29) is 28.9 Å². The fraction of sp³-hybridized carbons (Fsp3) is 0.263. The van der Waals surface area contributed by atoms with Crippen LogP contribution in [0.1, 0.15) is 51.5 Å². The van der Waals surface area contributed by atoms with Crippen molar-refractivity contribution in [3.05, 3.63) is 147 Å². The summed E-state index contributed by atoms with van der Waals surface area (Å²) in [7, 11) is 0. The van der Waals surface area contributed by atoms with Crippen LogP contribution in [0.4, 0.5) is 4.39 Å². The Morgan fingerprint density at radius 3 is 2.13 bits per heavy atom. The standard InChI is InChI=1S/C38H38FN5O3/c39-33-18-17-27(26-34-30-15-7-8-16-31(30)36(45)42-41-34)25-32(33)38(47)44-23-21-43(22-24-44)20-10-9-19-40-37(46)35(28-11-3-1-4-12-28)29-13-5-2-6-14-29/h1-8,11-18,25,35H,9-10,19-24,26H2,(H,40,46)(H,42,45). The number of piperazine rings is 1. The van der Waals surface area contributed by atoms with E-state index in [4.69, 9.17) is 0 Å². The second-order valence-electron chi connectivity index (χ2n) is 11.9. The molecule has 1 aromatic heterocycles. The molecule has 6 rings (SSSR count). The van der Waals surface area contributed by atoms with Gasteiger partial charge in [-0.25, -0.2) is 9.49 Å². The predicted octanol–water partition coefficient (Wildman–Crippen LogP) is 5.14. The number of hydrogen-bond donors (Lipinski definition) is 2. The molecule has 2 N–H and O–H groups in total. The monoisotopic (exact) mass is 631 g/mol. The minimum absolute atomic E-state index is 0.00542. The Morgan fingerprint density at radius 1 is 0.809 bits per heavy atom. The van der Waals surface area contributed by atoms with E-state index in [0.29, 0.717) is 50.2 Å². The van der Waals surface area contributed by atoms with Crippen LogP contribution in [-0.4, -0.2) is 71.1 Å². The smallest absolute Gasteiger partial charge is 0.272 e. The zero-order valence-electron chi connectivity index (χ0n) is 26.2. The molecule has 2 heterocycles. The fourth-order valence-corrected chi connectivity index (χ4v) is 6.25. The Labute approximate surface area is 273 Å². The van der Waals surface area contributed by atoms with Crippen LogP contribution in [0.3, 0.4) is 0 Å². The van der Waals surface area contributed by atoms with E-state index in [9.17, 15) is 18.8 Å². The van der Waals surface area contributed by atoms with Crippen LogP contribution in [0.15, 0.2) is 108 Å². The summed E-state index contributed by atoms with van der Waals surface area (Å²) in [5, 5.41) is 11.2. The number of aromatic amines is 1. The van der Waals surface area contributed by atoms with Crippen LogP contribution in [-0.2, 0) is 11.2 Å². The zero-order valence-corrected chi connectivity index (χ0v) is 26.2. The van der Waals surface area contributed by atoms with E-state index in [1.165, 1.54) is 6.07 Å². The molecule has 4 aromatic carbocycles. The van der Waals surface area contributed by atoms with Crippen molar-refractivity contribution < 1.29 is 14.0 Å². The number of aromatic nitrogens is 2. The highest BCUT2D eigenvalue weighted by atomic mass is 19.1. The van der Waals surface area contributed by atoms with Gasteiger partial charge in [0, 0.05) is 44.5 Å². The summed E-state index contributed by atoms with van der Waals surface area (Å²) >= 11 is 0. The van der Waals surface area contributed by atoms with Crippen molar-refractivity contribution in [3.63, 3.8) is 0 Å². The minimum Gasteiger partial charge on any atom is -0.355 e. The van der Waals surface area contributed by atoms with Crippen LogP contribution in [0, 0.1) is 5.82 Å². The predicted molar refractivity (Wildman–Crippen MR) is 181 cm³/mol. The average molecular weight is 632 g/mol. The van der Waals surface area contributed by atoms with E-state index >= 15 is 0 Å². The molecule has 8 nitrogen and oxygen atoms in total. The van der Waals surface area contributed by atoms with Gasteiger partial charge in [0.2, 0.25) is 5.91 Å². The summed E-state index contributed by atoms with van der Waals surface area (Å²) in [4.78, 5) is 42.8. The van der Waals surface area contributed by atoms with E-state index in [2.05, 4.69) is 20.4 Å². The highest BCUT2D eigenvalue weighted by Crippen LogP contribution is 2.25. The Morgan fingerprint density at radius 2 is 1.45 bits per heavy atom. The molecule has 240 valence electrons. The number of nitrogens with zero attached hydrogens (tertiary/aromatic N) is 3. The van der Waals surface area contributed by atoms with Gasteiger partial charge >= 0.3 is 0 Å². The van der Waals surface area contributed by atoms with Crippen LogP contribution in [0.2, 0.25) is 0 Å². The fourth-order valence-electron chi connectivity index (χ4n) is 6.25. The molecule has 0 bridgehead atoms. The summed E-state index contributed by atoms with van der Waals surface area (Å²) < 4.78 is 14.9. The van der Waals surface area contributed by atoms with E-state index in [1.54, 1.807) is 29.2 Å². The van der Waals surface area contributed by atoms with Crippen molar-refractivity contribution in [1.82, 2.24) is 25.3 Å². The van der Waals surface area contributed by atoms with Crippen molar-refractivity contribution in [2.24, 2.45) is 0 Å². The second kappa shape index (κ2) is 15.0. The van der Waals surface area contributed by atoms with Crippen molar-refractivity contribution in [1.29, 1.82) is 0 Å². The molecule has 0 radical (unpaired) electrons. The number of unbranched alkanes of at least 4 members (excludes halogenated alkanes) is 1. The number of H-pyrrole nitrogens is 1. The number of fused-ring (bicyclic) bond motifs is 1. The molecule has 9 heteroatoms. The molecule has 1 aliphatic heterocycles. The van der Waals surface area contributed by atoms with Crippen molar-refractivity contribution in [3.8, 4) is 0 Å². The van der Waals surface area contributed by atoms with Crippen LogP contribution >= 0.6 is 0 Å². The van der Waals surface area contributed by atoms with Gasteiger partial charge < -0.3 is 10.2 Å². The van der Waals surface area contributed by atoms with Gasteiger partial charge in [-0.3, -0.25) is 19.3 Å². The van der Waals surface area contributed by atoms with E-state index in [0.717, 1.165) is 41.5 Å². The number of amides is 2. The molecule has 47 heavy (non-hydrogen) atoms. The largest absolute Gasteiger partial charge is 0.355 e. The Balaban J connectivity index is 0.977. The number of rotatable bonds is 11. The maximum absolute atomic E-state index is 14.9. The molecule has 1 saturated heterocycles. The van der Waals surface area contributed by atoms with Gasteiger partial charge in [-0.15, -0.1) is 0 Å². The van der Waals surface area contributed by atoms with Gasteiger partial charge in [0.25, 0.3) is 11.5 Å². The topological polar surface area (TPSA) is 98.4 Å². The van der Waals surface area contributed by atoms with Gasteiger partial charge in [0.1, 0.15) is 5.82 Å². The Bertz CT molecular complexity index is 1850. The summed E-state index contributed by atoms with van der Waals surface area (Å²) in [6.07, 6.45) is 2.11. The number of hydrogen-bond acceptors (Lipinski definition) is 5. The lowest BCUT2D eigenvalue weighted by molar-refractivity contribution is -0.121. The number of carbonyl (C=O) groups is 2. The van der Waals surface area contributed by atoms with Crippen molar-refractivity contribution in [2.45, 2.75) is 25.2 Å². The third-order valence-electron chi connectivity index (χ3n) is 8.80. The lowest BCUT2D eigenvalue weighted by atomic mass is 9.90. The lowest BCUT2D eigenvalue weighted by Crippen LogP contribution is -2.49. The van der Waals surface area contributed by atoms with Crippen molar-refractivity contribution in [2.75, 3.05) is 39.3 Å². The summed E-state index contributed by atoms with van der Waals surface area (Å²) in [6, 6.07) is 31.5. The Hall–Kier alpha value is -5.15. The molecular formula is C38H38FN5O3. The molecule has 0 aliphatic carbocycles. The normalized spacial score (nSPS) is 13.6. The molecule has 0 atom stereocenters. The molecule has 5 aromatic rings. The highest BCUT2D eigenvalue weighted by Gasteiger charge is 2.25. The third kappa shape index (κ3) is 7.64. The van der Waals surface area contributed by atoms with Crippen LogP contribution in [0.5, 0.6) is 0 Å². The van der Waals surface area contributed by atoms with Gasteiger partial charge in [0.15, 0.2) is 0 Å².